The maximum atomic E-state index is 4.83. The van der Waals surface area contributed by atoms with E-state index in [9.17, 15) is 0 Å². The second kappa shape index (κ2) is 7.44. The van der Waals surface area contributed by atoms with Crippen molar-refractivity contribution in [2.24, 2.45) is 4.99 Å². The lowest BCUT2D eigenvalue weighted by Gasteiger charge is -2.20. The van der Waals surface area contributed by atoms with E-state index < -0.39 is 0 Å². The molecule has 114 valence electrons. The van der Waals surface area contributed by atoms with Crippen molar-refractivity contribution in [3.63, 3.8) is 0 Å². The van der Waals surface area contributed by atoms with Gasteiger partial charge >= 0.3 is 0 Å². The Morgan fingerprint density at radius 2 is 1.76 bits per heavy atom. The van der Waals surface area contributed by atoms with Crippen LogP contribution in [0.2, 0.25) is 0 Å². The molecule has 0 aliphatic heterocycles. The molecule has 1 aromatic rings. The highest BCUT2D eigenvalue weighted by atomic mass is 14.9. The Labute approximate surface area is 129 Å². The number of hydrogen-bond donors (Lipinski definition) is 1. The fraction of sp³-hybridized carbons (Fsp3) is 0.526. The lowest BCUT2D eigenvalue weighted by atomic mass is 9.96. The van der Waals surface area contributed by atoms with E-state index in [1.807, 2.05) is 0 Å². The molecule has 0 amide bonds. The number of allylic oxidation sites excluding steroid dienone is 1. The first-order valence-corrected chi connectivity index (χ1v) is 8.11. The molecule has 1 aromatic carbocycles. The van der Waals surface area contributed by atoms with E-state index in [4.69, 9.17) is 4.99 Å². The summed E-state index contributed by atoms with van der Waals surface area (Å²) in [6.45, 7) is 6.51. The van der Waals surface area contributed by atoms with Crippen molar-refractivity contribution in [1.82, 2.24) is 5.32 Å². The average Bonchev–Trinajstić information content (AvgIpc) is 2.48. The largest absolute Gasteiger partial charge is 0.386 e. The highest BCUT2D eigenvalue weighted by Gasteiger charge is 2.12. The summed E-state index contributed by atoms with van der Waals surface area (Å²) < 4.78 is 0. The predicted molar refractivity (Wildman–Crippen MR) is 92.7 cm³/mol. The van der Waals surface area contributed by atoms with Crippen molar-refractivity contribution < 1.29 is 0 Å². The van der Waals surface area contributed by atoms with Crippen LogP contribution in [0.5, 0.6) is 0 Å². The molecule has 0 atom stereocenters. The molecule has 1 saturated carbocycles. The van der Waals surface area contributed by atoms with Gasteiger partial charge in [0.2, 0.25) is 0 Å². The van der Waals surface area contributed by atoms with Crippen molar-refractivity contribution in [2.45, 2.75) is 64.5 Å². The third kappa shape index (κ3) is 5.74. The maximum Gasteiger partial charge on any atom is 0.0499 e. The zero-order valence-electron chi connectivity index (χ0n) is 13.6. The van der Waals surface area contributed by atoms with E-state index in [1.165, 1.54) is 37.7 Å². The summed E-state index contributed by atoms with van der Waals surface area (Å²) >= 11 is 0. The standard InChI is InChI=1S/C19H28N2/c1-19(2,3)21-15-17(16-10-6-4-7-11-16)14-20-18-12-8-5-9-13-18/h4,6-7,10-11,14-15,18,21H,5,8-9,12-13H2,1-3H3/b17-15+,20-14?. The van der Waals surface area contributed by atoms with Crippen LogP contribution in [0.15, 0.2) is 41.5 Å². The topological polar surface area (TPSA) is 24.4 Å². The third-order valence-corrected chi connectivity index (χ3v) is 3.77. The molecule has 0 aromatic heterocycles. The quantitative estimate of drug-likeness (QED) is 0.788. The van der Waals surface area contributed by atoms with Gasteiger partial charge in [-0.15, -0.1) is 0 Å². The molecule has 1 N–H and O–H groups in total. The van der Waals surface area contributed by atoms with Crippen LogP contribution in [0.1, 0.15) is 58.4 Å². The van der Waals surface area contributed by atoms with E-state index in [0.29, 0.717) is 6.04 Å². The average molecular weight is 284 g/mol. The molecule has 1 fully saturated rings. The Morgan fingerprint density at radius 3 is 2.38 bits per heavy atom. The van der Waals surface area contributed by atoms with Crippen LogP contribution >= 0.6 is 0 Å². The van der Waals surface area contributed by atoms with Gasteiger partial charge in [0.1, 0.15) is 0 Å². The Morgan fingerprint density at radius 1 is 1.10 bits per heavy atom. The number of hydrogen-bond acceptors (Lipinski definition) is 2. The van der Waals surface area contributed by atoms with Crippen molar-refractivity contribution in [1.29, 1.82) is 0 Å². The van der Waals surface area contributed by atoms with Crippen LogP contribution in [-0.2, 0) is 0 Å². The molecule has 2 rings (SSSR count). The normalized spacial score (nSPS) is 18.1. The lowest BCUT2D eigenvalue weighted by Crippen LogP contribution is -2.31. The second-order valence-corrected chi connectivity index (χ2v) is 6.93. The Balaban J connectivity index is 2.13. The first-order valence-electron chi connectivity index (χ1n) is 8.11. The highest BCUT2D eigenvalue weighted by Crippen LogP contribution is 2.21. The van der Waals surface area contributed by atoms with E-state index in [0.717, 1.165) is 5.57 Å². The van der Waals surface area contributed by atoms with Gasteiger partial charge in [-0.1, -0.05) is 49.6 Å². The van der Waals surface area contributed by atoms with Crippen LogP contribution in [0.3, 0.4) is 0 Å². The van der Waals surface area contributed by atoms with Gasteiger partial charge in [-0.3, -0.25) is 4.99 Å². The van der Waals surface area contributed by atoms with Crippen molar-refractivity contribution >= 4 is 11.8 Å². The fourth-order valence-corrected chi connectivity index (χ4v) is 2.54. The smallest absolute Gasteiger partial charge is 0.0499 e. The van der Waals surface area contributed by atoms with Gasteiger partial charge in [0.15, 0.2) is 0 Å². The number of nitrogens with one attached hydrogen (secondary N) is 1. The first-order chi connectivity index (χ1) is 10.0. The SMILES string of the molecule is CC(C)(C)N/C=C(\C=NC1CCCCC1)c1ccccc1. The molecule has 1 aliphatic rings. The molecule has 0 unspecified atom stereocenters. The molecule has 1 aliphatic carbocycles. The molecule has 2 nitrogen and oxygen atoms in total. The van der Waals surface area contributed by atoms with Crippen LogP contribution in [0.25, 0.3) is 5.57 Å². The number of aliphatic imine (C=N–C) groups is 1. The molecule has 0 spiro atoms. The van der Waals surface area contributed by atoms with Crippen LogP contribution < -0.4 is 5.32 Å². The van der Waals surface area contributed by atoms with Crippen LogP contribution in [-0.4, -0.2) is 17.8 Å². The van der Waals surface area contributed by atoms with Gasteiger partial charge in [0, 0.05) is 29.6 Å². The lowest BCUT2D eigenvalue weighted by molar-refractivity contribution is 0.444. The summed E-state index contributed by atoms with van der Waals surface area (Å²) in [7, 11) is 0. The number of nitrogens with zero attached hydrogens (tertiary/aromatic N) is 1. The molecule has 2 heteroatoms. The summed E-state index contributed by atoms with van der Waals surface area (Å²) in [5.41, 5.74) is 2.45. The molecule has 0 saturated heterocycles. The van der Waals surface area contributed by atoms with Crippen LogP contribution in [0, 0.1) is 0 Å². The summed E-state index contributed by atoms with van der Waals surface area (Å²) in [6.07, 6.45) is 10.7. The summed E-state index contributed by atoms with van der Waals surface area (Å²) in [6, 6.07) is 11.0. The van der Waals surface area contributed by atoms with E-state index in [-0.39, 0.29) is 5.54 Å². The van der Waals surface area contributed by atoms with Gasteiger partial charge in [-0.2, -0.15) is 0 Å². The monoisotopic (exact) mass is 284 g/mol. The highest BCUT2D eigenvalue weighted by molar-refractivity contribution is 6.09. The molecule has 0 bridgehead atoms. The molecule has 21 heavy (non-hydrogen) atoms. The van der Waals surface area contributed by atoms with Gasteiger partial charge in [0.25, 0.3) is 0 Å². The Hall–Kier alpha value is -1.57. The van der Waals surface area contributed by atoms with Gasteiger partial charge in [0.05, 0.1) is 0 Å². The maximum absolute atomic E-state index is 4.83. The summed E-state index contributed by atoms with van der Waals surface area (Å²) in [5, 5.41) is 3.45. The van der Waals surface area contributed by atoms with Crippen molar-refractivity contribution in [3.8, 4) is 0 Å². The second-order valence-electron chi connectivity index (χ2n) is 6.93. The molecular formula is C19H28N2. The molecular weight excluding hydrogens is 256 g/mol. The Kier molecular flexibility index (Phi) is 5.60. The predicted octanol–water partition coefficient (Wildman–Crippen LogP) is 4.82. The zero-order chi connectivity index (χ0) is 15.1. The summed E-state index contributed by atoms with van der Waals surface area (Å²) in [5.74, 6) is 0. The van der Waals surface area contributed by atoms with E-state index >= 15 is 0 Å². The minimum atomic E-state index is 0.0682. The first kappa shape index (κ1) is 15.8. The summed E-state index contributed by atoms with van der Waals surface area (Å²) in [4.78, 5) is 4.83. The third-order valence-electron chi connectivity index (χ3n) is 3.77. The number of benzene rings is 1. The number of rotatable bonds is 4. The van der Waals surface area contributed by atoms with Gasteiger partial charge in [-0.05, 0) is 39.2 Å². The minimum Gasteiger partial charge on any atom is -0.386 e. The minimum absolute atomic E-state index is 0.0682. The van der Waals surface area contributed by atoms with Crippen LogP contribution in [0.4, 0.5) is 0 Å². The van der Waals surface area contributed by atoms with Gasteiger partial charge in [-0.25, -0.2) is 0 Å². The molecule has 0 radical (unpaired) electrons. The van der Waals surface area contributed by atoms with Gasteiger partial charge < -0.3 is 5.32 Å². The van der Waals surface area contributed by atoms with Crippen molar-refractivity contribution in [2.75, 3.05) is 0 Å². The van der Waals surface area contributed by atoms with Crippen molar-refractivity contribution in [3.05, 3.63) is 42.1 Å². The van der Waals surface area contributed by atoms with E-state index in [2.05, 4.69) is 68.8 Å². The zero-order valence-corrected chi connectivity index (χ0v) is 13.6. The molecule has 0 heterocycles. The Bertz CT molecular complexity index is 474. The van der Waals surface area contributed by atoms with E-state index in [1.54, 1.807) is 0 Å². The fourth-order valence-electron chi connectivity index (χ4n) is 2.54.